The molecule has 1 unspecified atom stereocenters. The summed E-state index contributed by atoms with van der Waals surface area (Å²) < 4.78 is 0. The number of nitrogens with one attached hydrogen (secondary N) is 2. The van der Waals surface area contributed by atoms with Gasteiger partial charge >= 0.3 is 0 Å². The second kappa shape index (κ2) is 4.85. The predicted octanol–water partition coefficient (Wildman–Crippen LogP) is 2.92. The highest BCUT2D eigenvalue weighted by Crippen LogP contribution is 2.26. The van der Waals surface area contributed by atoms with Crippen molar-refractivity contribution in [3.05, 3.63) is 59.0 Å². The summed E-state index contributed by atoms with van der Waals surface area (Å²) in [5.74, 6) is 0.990. The van der Waals surface area contributed by atoms with Crippen LogP contribution in [0.3, 0.4) is 0 Å². The van der Waals surface area contributed by atoms with Crippen molar-refractivity contribution in [2.24, 2.45) is 0 Å². The highest BCUT2D eigenvalue weighted by atomic mass is 32.1. The minimum atomic E-state index is 0.249. The molecule has 2 N–H and O–H groups in total. The SMILES string of the molecule is c1ccc2c(c1)CNC(c1ncc(-c3nccs3)[nH]1)C2. The van der Waals surface area contributed by atoms with E-state index in [1.807, 2.05) is 17.8 Å². The van der Waals surface area contributed by atoms with Crippen LogP contribution in [0.15, 0.2) is 42.0 Å². The van der Waals surface area contributed by atoms with Crippen LogP contribution in [0, 0.1) is 0 Å². The average molecular weight is 282 g/mol. The fourth-order valence-corrected chi connectivity index (χ4v) is 3.23. The summed E-state index contributed by atoms with van der Waals surface area (Å²) in [5.41, 5.74) is 3.79. The van der Waals surface area contributed by atoms with E-state index in [2.05, 4.69) is 44.5 Å². The molecule has 1 aliphatic heterocycles. The first-order valence-corrected chi connectivity index (χ1v) is 7.53. The topological polar surface area (TPSA) is 53.6 Å². The Kier molecular flexibility index (Phi) is 2.86. The standard InChI is InChI=1S/C15H14N4S/c1-2-4-11-8-17-12(7-10(11)3-1)14-18-9-13(19-14)15-16-5-6-20-15/h1-6,9,12,17H,7-8H2,(H,18,19). The minimum absolute atomic E-state index is 0.249. The lowest BCUT2D eigenvalue weighted by Crippen LogP contribution is -2.29. The Balaban J connectivity index is 1.60. The number of rotatable bonds is 2. The molecule has 2 aromatic heterocycles. The second-order valence-corrected chi connectivity index (χ2v) is 5.82. The van der Waals surface area contributed by atoms with Gasteiger partial charge < -0.3 is 10.3 Å². The fraction of sp³-hybridized carbons (Fsp3) is 0.200. The van der Waals surface area contributed by atoms with E-state index < -0.39 is 0 Å². The van der Waals surface area contributed by atoms with Crippen LogP contribution < -0.4 is 5.32 Å². The van der Waals surface area contributed by atoms with E-state index in [-0.39, 0.29) is 6.04 Å². The summed E-state index contributed by atoms with van der Waals surface area (Å²) in [4.78, 5) is 12.2. The van der Waals surface area contributed by atoms with Crippen LogP contribution in [0.1, 0.15) is 23.0 Å². The van der Waals surface area contributed by atoms with Crippen molar-refractivity contribution in [3.8, 4) is 10.7 Å². The van der Waals surface area contributed by atoms with Gasteiger partial charge in [0.2, 0.25) is 0 Å². The summed E-state index contributed by atoms with van der Waals surface area (Å²) >= 11 is 1.62. The number of benzene rings is 1. The molecule has 100 valence electrons. The van der Waals surface area contributed by atoms with Crippen LogP contribution in [0.5, 0.6) is 0 Å². The van der Waals surface area contributed by atoms with Crippen molar-refractivity contribution in [2.45, 2.75) is 19.0 Å². The molecule has 0 aliphatic carbocycles. The van der Waals surface area contributed by atoms with E-state index >= 15 is 0 Å². The van der Waals surface area contributed by atoms with Crippen LogP contribution in [0.2, 0.25) is 0 Å². The third kappa shape index (κ3) is 2.05. The first-order valence-electron chi connectivity index (χ1n) is 6.65. The van der Waals surface area contributed by atoms with Gasteiger partial charge in [0.25, 0.3) is 0 Å². The molecule has 0 radical (unpaired) electrons. The first-order chi connectivity index (χ1) is 9.90. The molecule has 0 saturated carbocycles. The van der Waals surface area contributed by atoms with Crippen molar-refractivity contribution >= 4 is 11.3 Å². The molecule has 0 saturated heterocycles. The smallest absolute Gasteiger partial charge is 0.141 e. The summed E-state index contributed by atoms with van der Waals surface area (Å²) in [6.45, 7) is 0.897. The Morgan fingerprint density at radius 3 is 2.90 bits per heavy atom. The average Bonchev–Trinajstić information content (AvgIpc) is 3.17. The second-order valence-electron chi connectivity index (χ2n) is 4.93. The predicted molar refractivity (Wildman–Crippen MR) is 79.4 cm³/mol. The number of hydrogen-bond acceptors (Lipinski definition) is 4. The Bertz CT molecular complexity index is 717. The number of H-pyrrole nitrogens is 1. The lowest BCUT2D eigenvalue weighted by molar-refractivity contribution is 0.480. The normalized spacial score (nSPS) is 17.9. The Morgan fingerprint density at radius 1 is 1.15 bits per heavy atom. The van der Waals surface area contributed by atoms with Crippen molar-refractivity contribution in [3.63, 3.8) is 0 Å². The van der Waals surface area contributed by atoms with Crippen molar-refractivity contribution in [1.29, 1.82) is 0 Å². The first kappa shape index (κ1) is 11.8. The number of aromatic amines is 1. The molecule has 0 fully saturated rings. The van der Waals surface area contributed by atoms with Crippen molar-refractivity contribution in [1.82, 2.24) is 20.3 Å². The number of nitrogens with zero attached hydrogens (tertiary/aromatic N) is 2. The van der Waals surface area contributed by atoms with Crippen LogP contribution in [0.4, 0.5) is 0 Å². The van der Waals surface area contributed by atoms with Gasteiger partial charge in [0.15, 0.2) is 0 Å². The fourth-order valence-electron chi connectivity index (χ4n) is 2.63. The summed E-state index contributed by atoms with van der Waals surface area (Å²) in [6, 6.07) is 8.83. The molecule has 3 heterocycles. The number of hydrogen-bond donors (Lipinski definition) is 2. The molecule has 4 nitrogen and oxygen atoms in total. The van der Waals surface area contributed by atoms with E-state index in [4.69, 9.17) is 0 Å². The number of thiazole rings is 1. The van der Waals surface area contributed by atoms with Gasteiger partial charge in [0.05, 0.1) is 17.9 Å². The molecule has 3 aromatic rings. The van der Waals surface area contributed by atoms with Crippen LogP contribution in [0.25, 0.3) is 10.7 Å². The minimum Gasteiger partial charge on any atom is -0.339 e. The molecule has 20 heavy (non-hydrogen) atoms. The van der Waals surface area contributed by atoms with Gasteiger partial charge in [0, 0.05) is 18.1 Å². The number of fused-ring (bicyclic) bond motifs is 1. The van der Waals surface area contributed by atoms with Gasteiger partial charge in [0.1, 0.15) is 10.8 Å². The van der Waals surface area contributed by atoms with E-state index in [1.165, 1.54) is 11.1 Å². The van der Waals surface area contributed by atoms with Crippen molar-refractivity contribution < 1.29 is 0 Å². The van der Waals surface area contributed by atoms with Crippen LogP contribution in [-0.4, -0.2) is 15.0 Å². The van der Waals surface area contributed by atoms with Crippen molar-refractivity contribution in [2.75, 3.05) is 0 Å². The van der Waals surface area contributed by atoms with Gasteiger partial charge in [-0.3, -0.25) is 0 Å². The molecule has 1 aromatic carbocycles. The molecular weight excluding hydrogens is 268 g/mol. The number of aromatic nitrogens is 3. The highest BCUT2D eigenvalue weighted by Gasteiger charge is 2.21. The molecule has 0 spiro atoms. The van der Waals surface area contributed by atoms with Gasteiger partial charge in [-0.15, -0.1) is 11.3 Å². The molecule has 0 bridgehead atoms. The zero-order chi connectivity index (χ0) is 13.4. The van der Waals surface area contributed by atoms with Gasteiger partial charge in [-0.25, -0.2) is 9.97 Å². The lowest BCUT2D eigenvalue weighted by atomic mass is 9.96. The van der Waals surface area contributed by atoms with Crippen LogP contribution in [-0.2, 0) is 13.0 Å². The zero-order valence-electron chi connectivity index (χ0n) is 10.8. The van der Waals surface area contributed by atoms with E-state index in [0.717, 1.165) is 29.5 Å². The lowest BCUT2D eigenvalue weighted by Gasteiger charge is -2.24. The van der Waals surface area contributed by atoms with Gasteiger partial charge in [-0.05, 0) is 17.5 Å². The maximum absolute atomic E-state index is 4.52. The summed E-state index contributed by atoms with van der Waals surface area (Å²) in [7, 11) is 0. The summed E-state index contributed by atoms with van der Waals surface area (Å²) in [5, 5.41) is 6.50. The quantitative estimate of drug-likeness (QED) is 0.760. The molecule has 4 rings (SSSR count). The van der Waals surface area contributed by atoms with E-state index in [1.54, 1.807) is 11.3 Å². The summed E-state index contributed by atoms with van der Waals surface area (Å²) in [6.07, 6.45) is 4.66. The maximum Gasteiger partial charge on any atom is 0.141 e. The molecule has 5 heteroatoms. The van der Waals surface area contributed by atoms with E-state index in [0.29, 0.717) is 0 Å². The van der Waals surface area contributed by atoms with Crippen LogP contribution >= 0.6 is 11.3 Å². The highest BCUT2D eigenvalue weighted by molar-refractivity contribution is 7.13. The third-order valence-electron chi connectivity index (χ3n) is 3.67. The zero-order valence-corrected chi connectivity index (χ0v) is 11.7. The largest absolute Gasteiger partial charge is 0.339 e. The number of imidazole rings is 1. The van der Waals surface area contributed by atoms with E-state index in [9.17, 15) is 0 Å². The monoisotopic (exact) mass is 282 g/mol. The van der Waals surface area contributed by atoms with Gasteiger partial charge in [-0.2, -0.15) is 0 Å². The Labute approximate surface area is 120 Å². The molecule has 0 amide bonds. The van der Waals surface area contributed by atoms with Gasteiger partial charge in [-0.1, -0.05) is 24.3 Å². The molecule has 1 atom stereocenters. The Morgan fingerprint density at radius 2 is 2.05 bits per heavy atom. The Hall–Kier alpha value is -1.98. The molecule has 1 aliphatic rings. The molecular formula is C15H14N4S. The maximum atomic E-state index is 4.52. The third-order valence-corrected chi connectivity index (χ3v) is 4.48.